The second kappa shape index (κ2) is 5.56. The SMILES string of the molecule is CCc1nn(C)cc1CNc1cccc(C(=O)O)c1. The van der Waals surface area contributed by atoms with Crippen LogP contribution in [-0.2, 0) is 20.0 Å². The zero-order valence-corrected chi connectivity index (χ0v) is 11.1. The van der Waals surface area contributed by atoms with E-state index < -0.39 is 5.97 Å². The number of hydrogen-bond acceptors (Lipinski definition) is 3. The summed E-state index contributed by atoms with van der Waals surface area (Å²) in [6, 6.07) is 6.80. The molecule has 2 N–H and O–H groups in total. The van der Waals surface area contributed by atoms with E-state index in [0.717, 1.165) is 23.4 Å². The number of carboxylic acid groups (broad SMARTS) is 1. The first-order chi connectivity index (χ1) is 9.10. The topological polar surface area (TPSA) is 67.2 Å². The number of aromatic carboxylic acids is 1. The normalized spacial score (nSPS) is 10.4. The average molecular weight is 259 g/mol. The van der Waals surface area contributed by atoms with E-state index in [-0.39, 0.29) is 5.56 Å². The maximum atomic E-state index is 10.9. The summed E-state index contributed by atoms with van der Waals surface area (Å²) in [5.41, 5.74) is 3.27. The molecular weight excluding hydrogens is 242 g/mol. The van der Waals surface area contributed by atoms with E-state index in [1.807, 2.05) is 19.3 Å². The van der Waals surface area contributed by atoms with Gasteiger partial charge in [-0.2, -0.15) is 5.10 Å². The highest BCUT2D eigenvalue weighted by atomic mass is 16.4. The molecule has 0 aliphatic heterocycles. The second-order valence-corrected chi connectivity index (χ2v) is 4.37. The van der Waals surface area contributed by atoms with E-state index in [2.05, 4.69) is 17.3 Å². The van der Waals surface area contributed by atoms with Crippen molar-refractivity contribution in [2.24, 2.45) is 7.05 Å². The quantitative estimate of drug-likeness (QED) is 0.864. The molecule has 5 heteroatoms. The molecule has 1 aromatic heterocycles. The highest BCUT2D eigenvalue weighted by molar-refractivity contribution is 5.88. The van der Waals surface area contributed by atoms with Gasteiger partial charge in [-0.1, -0.05) is 13.0 Å². The lowest BCUT2D eigenvalue weighted by atomic mass is 10.2. The molecule has 100 valence electrons. The minimum atomic E-state index is -0.917. The van der Waals surface area contributed by atoms with Crippen LogP contribution in [-0.4, -0.2) is 20.9 Å². The second-order valence-electron chi connectivity index (χ2n) is 4.37. The maximum Gasteiger partial charge on any atom is 0.335 e. The fraction of sp³-hybridized carbons (Fsp3) is 0.286. The minimum Gasteiger partial charge on any atom is -0.478 e. The Morgan fingerprint density at radius 1 is 1.47 bits per heavy atom. The number of anilines is 1. The van der Waals surface area contributed by atoms with Gasteiger partial charge in [0.15, 0.2) is 0 Å². The van der Waals surface area contributed by atoms with Gasteiger partial charge >= 0.3 is 5.97 Å². The Morgan fingerprint density at radius 3 is 2.95 bits per heavy atom. The first-order valence-corrected chi connectivity index (χ1v) is 6.18. The van der Waals surface area contributed by atoms with Crippen molar-refractivity contribution in [3.05, 3.63) is 47.3 Å². The lowest BCUT2D eigenvalue weighted by molar-refractivity contribution is 0.0697. The number of carbonyl (C=O) groups is 1. The van der Waals surface area contributed by atoms with Gasteiger partial charge in [0.25, 0.3) is 0 Å². The van der Waals surface area contributed by atoms with Gasteiger partial charge in [-0.15, -0.1) is 0 Å². The van der Waals surface area contributed by atoms with Crippen LogP contribution in [0.25, 0.3) is 0 Å². The lowest BCUT2D eigenvalue weighted by Crippen LogP contribution is -2.03. The number of benzene rings is 1. The summed E-state index contributed by atoms with van der Waals surface area (Å²) in [5, 5.41) is 16.5. The van der Waals surface area contributed by atoms with Crippen molar-refractivity contribution in [1.29, 1.82) is 0 Å². The van der Waals surface area contributed by atoms with Crippen LogP contribution in [0.5, 0.6) is 0 Å². The van der Waals surface area contributed by atoms with Crippen LogP contribution in [0.4, 0.5) is 5.69 Å². The Morgan fingerprint density at radius 2 is 2.26 bits per heavy atom. The summed E-state index contributed by atoms with van der Waals surface area (Å²) in [4.78, 5) is 10.9. The van der Waals surface area contributed by atoms with Crippen molar-refractivity contribution in [2.75, 3.05) is 5.32 Å². The average Bonchev–Trinajstić information content (AvgIpc) is 2.77. The van der Waals surface area contributed by atoms with Crippen LogP contribution in [0.3, 0.4) is 0 Å². The van der Waals surface area contributed by atoms with Crippen molar-refractivity contribution in [2.45, 2.75) is 19.9 Å². The van der Waals surface area contributed by atoms with Crippen molar-refractivity contribution in [3.8, 4) is 0 Å². The molecule has 0 saturated heterocycles. The van der Waals surface area contributed by atoms with E-state index in [0.29, 0.717) is 6.54 Å². The molecule has 19 heavy (non-hydrogen) atoms. The van der Waals surface area contributed by atoms with Crippen LogP contribution in [0, 0.1) is 0 Å². The van der Waals surface area contributed by atoms with E-state index in [9.17, 15) is 4.79 Å². The largest absolute Gasteiger partial charge is 0.478 e. The fourth-order valence-corrected chi connectivity index (χ4v) is 1.99. The van der Waals surface area contributed by atoms with Gasteiger partial charge in [0.2, 0.25) is 0 Å². The summed E-state index contributed by atoms with van der Waals surface area (Å²) in [5.74, 6) is -0.917. The molecule has 0 bridgehead atoms. The van der Waals surface area contributed by atoms with Crippen LogP contribution in [0.15, 0.2) is 30.5 Å². The van der Waals surface area contributed by atoms with E-state index in [1.54, 1.807) is 22.9 Å². The third-order valence-electron chi connectivity index (χ3n) is 2.92. The molecule has 0 aliphatic carbocycles. The summed E-state index contributed by atoms with van der Waals surface area (Å²) in [6.45, 7) is 2.71. The van der Waals surface area contributed by atoms with E-state index in [1.165, 1.54) is 0 Å². The summed E-state index contributed by atoms with van der Waals surface area (Å²) in [6.07, 6.45) is 2.86. The summed E-state index contributed by atoms with van der Waals surface area (Å²) < 4.78 is 1.80. The van der Waals surface area contributed by atoms with Crippen molar-refractivity contribution in [1.82, 2.24) is 9.78 Å². The zero-order chi connectivity index (χ0) is 13.8. The highest BCUT2D eigenvalue weighted by Gasteiger charge is 2.06. The molecule has 1 heterocycles. The molecule has 2 rings (SSSR count). The van der Waals surface area contributed by atoms with Crippen molar-refractivity contribution < 1.29 is 9.90 Å². The number of nitrogens with one attached hydrogen (secondary N) is 1. The smallest absolute Gasteiger partial charge is 0.335 e. The summed E-state index contributed by atoms with van der Waals surface area (Å²) >= 11 is 0. The molecule has 1 aromatic carbocycles. The number of carboxylic acids is 1. The standard InChI is InChI=1S/C14H17N3O2/c1-3-13-11(9-17(2)16-13)8-15-12-6-4-5-10(7-12)14(18)19/h4-7,9,15H,3,8H2,1-2H3,(H,18,19). The number of rotatable bonds is 5. The number of hydrogen-bond donors (Lipinski definition) is 2. The molecule has 2 aromatic rings. The molecule has 0 fully saturated rings. The van der Waals surface area contributed by atoms with Gasteiger partial charge < -0.3 is 10.4 Å². The predicted octanol–water partition coefficient (Wildman–Crippen LogP) is 2.29. The van der Waals surface area contributed by atoms with Crippen LogP contribution in [0.1, 0.15) is 28.5 Å². The molecule has 0 saturated carbocycles. The van der Waals surface area contributed by atoms with Crippen LogP contribution in [0.2, 0.25) is 0 Å². The first-order valence-electron chi connectivity index (χ1n) is 6.18. The Kier molecular flexibility index (Phi) is 3.85. The summed E-state index contributed by atoms with van der Waals surface area (Å²) in [7, 11) is 1.90. The van der Waals surface area contributed by atoms with Gasteiger partial charge in [-0.3, -0.25) is 4.68 Å². The van der Waals surface area contributed by atoms with Crippen LogP contribution < -0.4 is 5.32 Å². The number of aryl methyl sites for hydroxylation is 2. The Hall–Kier alpha value is -2.30. The molecular formula is C14H17N3O2. The fourth-order valence-electron chi connectivity index (χ4n) is 1.99. The van der Waals surface area contributed by atoms with E-state index >= 15 is 0 Å². The third kappa shape index (κ3) is 3.13. The molecule has 5 nitrogen and oxygen atoms in total. The lowest BCUT2D eigenvalue weighted by Gasteiger charge is -2.06. The van der Waals surface area contributed by atoms with Gasteiger partial charge in [0, 0.05) is 31.0 Å². The predicted molar refractivity (Wildman–Crippen MR) is 73.3 cm³/mol. The van der Waals surface area contributed by atoms with Gasteiger partial charge in [0.05, 0.1) is 11.3 Å². The van der Waals surface area contributed by atoms with Crippen molar-refractivity contribution >= 4 is 11.7 Å². The minimum absolute atomic E-state index is 0.284. The molecule has 0 atom stereocenters. The van der Waals surface area contributed by atoms with Gasteiger partial charge in [0.1, 0.15) is 0 Å². The number of nitrogens with zero attached hydrogens (tertiary/aromatic N) is 2. The zero-order valence-electron chi connectivity index (χ0n) is 11.1. The molecule has 0 spiro atoms. The van der Waals surface area contributed by atoms with Crippen LogP contribution >= 0.6 is 0 Å². The molecule has 0 aliphatic rings. The molecule has 0 amide bonds. The monoisotopic (exact) mass is 259 g/mol. The van der Waals surface area contributed by atoms with Gasteiger partial charge in [-0.05, 0) is 24.6 Å². The Balaban J connectivity index is 2.09. The maximum absolute atomic E-state index is 10.9. The molecule has 0 unspecified atom stereocenters. The highest BCUT2D eigenvalue weighted by Crippen LogP contribution is 2.14. The Labute approximate surface area is 111 Å². The van der Waals surface area contributed by atoms with Crippen molar-refractivity contribution in [3.63, 3.8) is 0 Å². The van der Waals surface area contributed by atoms with Gasteiger partial charge in [-0.25, -0.2) is 4.79 Å². The third-order valence-corrected chi connectivity index (χ3v) is 2.92. The van der Waals surface area contributed by atoms with E-state index in [4.69, 9.17) is 5.11 Å². The molecule has 0 radical (unpaired) electrons. The first kappa shape index (κ1) is 13.1. The number of aromatic nitrogens is 2. The Bertz CT molecular complexity index is 590.